The molecule has 0 N–H and O–H groups in total. The van der Waals surface area contributed by atoms with Crippen molar-refractivity contribution in [2.45, 2.75) is 12.0 Å². The first-order chi connectivity index (χ1) is 17.3. The Balaban J connectivity index is 1.61. The Kier molecular flexibility index (Phi) is 4.21. The van der Waals surface area contributed by atoms with Crippen LogP contribution < -0.4 is 4.90 Å². The lowest BCUT2D eigenvalue weighted by Crippen LogP contribution is -2.29. The van der Waals surface area contributed by atoms with Crippen LogP contribution in [0.2, 0.25) is 0 Å². The molecule has 1 aliphatic heterocycles. The average molecular weight is 454 g/mol. The molecule has 4 heteroatoms. The molecule has 3 nitrogen and oxygen atoms in total. The molecule has 166 valence electrons. The van der Waals surface area contributed by atoms with E-state index < -0.39 is 0 Å². The Morgan fingerprint density at radius 3 is 2.40 bits per heavy atom. The van der Waals surface area contributed by atoms with Gasteiger partial charge in [-0.2, -0.15) is 5.26 Å². The van der Waals surface area contributed by atoms with Gasteiger partial charge in [-0.25, -0.2) is 4.39 Å². The van der Waals surface area contributed by atoms with Gasteiger partial charge in [0, 0.05) is 16.7 Å². The van der Waals surface area contributed by atoms with Gasteiger partial charge in [-0.3, -0.25) is 0 Å². The lowest BCUT2D eigenvalue weighted by molar-refractivity contribution is 0.640. The minimum atomic E-state index is -0.226. The van der Waals surface area contributed by atoms with Gasteiger partial charge in [0.25, 0.3) is 0 Å². The highest BCUT2D eigenvalue weighted by Gasteiger charge is 2.40. The van der Waals surface area contributed by atoms with Gasteiger partial charge in [-0.1, -0.05) is 72.8 Å². The Labute approximate surface area is 202 Å². The van der Waals surface area contributed by atoms with Gasteiger partial charge in [-0.05, 0) is 42.0 Å². The fourth-order valence-electron chi connectivity index (χ4n) is 5.83. The van der Waals surface area contributed by atoms with E-state index in [1.807, 2.05) is 54.6 Å². The Morgan fingerprint density at radius 2 is 1.49 bits per heavy atom. The third kappa shape index (κ3) is 2.70. The van der Waals surface area contributed by atoms with Crippen LogP contribution >= 0.6 is 0 Å². The number of nitrogens with zero attached hydrogens (tertiary/aromatic N) is 3. The highest BCUT2D eigenvalue weighted by atomic mass is 19.1. The number of rotatable bonds is 2. The van der Waals surface area contributed by atoms with Crippen LogP contribution in [-0.2, 0) is 0 Å². The Hall–Kier alpha value is -4.62. The molecule has 7 rings (SSSR count). The fraction of sp³-hybridized carbons (Fsp3) is 0.0645. The second kappa shape index (κ2) is 7.44. The minimum Gasteiger partial charge on any atom is -0.330 e. The third-order valence-electron chi connectivity index (χ3n) is 7.22. The lowest BCUT2D eigenvalue weighted by atomic mass is 9.91. The molecule has 2 aliphatic rings. The van der Waals surface area contributed by atoms with Gasteiger partial charge in [-0.15, -0.1) is 0 Å². The number of hydrogen-bond donors (Lipinski definition) is 0. The van der Waals surface area contributed by atoms with Gasteiger partial charge in [0.2, 0.25) is 0 Å². The maximum atomic E-state index is 15.1. The van der Waals surface area contributed by atoms with Gasteiger partial charge < -0.3 is 9.47 Å². The largest absolute Gasteiger partial charge is 0.330 e. The van der Waals surface area contributed by atoms with Crippen LogP contribution in [0.4, 0.5) is 15.8 Å². The molecule has 0 saturated heterocycles. The van der Waals surface area contributed by atoms with E-state index in [1.165, 1.54) is 11.6 Å². The molecule has 0 fully saturated rings. The molecule has 1 aliphatic carbocycles. The number of anilines is 2. The van der Waals surface area contributed by atoms with Crippen molar-refractivity contribution in [2.75, 3.05) is 4.90 Å². The summed E-state index contributed by atoms with van der Waals surface area (Å²) in [6.07, 6.45) is 8.60. The maximum Gasteiger partial charge on any atom is 0.133 e. The Morgan fingerprint density at radius 1 is 0.743 bits per heavy atom. The van der Waals surface area contributed by atoms with Crippen molar-refractivity contribution in [2.24, 2.45) is 0 Å². The first-order valence-corrected chi connectivity index (χ1v) is 11.7. The molecular formula is C31H20FN3. The second-order valence-corrected chi connectivity index (χ2v) is 8.99. The molecular weight excluding hydrogens is 433 g/mol. The number of nitriles is 1. The number of hydrogen-bond acceptors (Lipinski definition) is 2. The zero-order chi connectivity index (χ0) is 23.5. The molecule has 1 aromatic heterocycles. The summed E-state index contributed by atoms with van der Waals surface area (Å²) in [7, 11) is 0. The average Bonchev–Trinajstić information content (AvgIpc) is 3.42. The van der Waals surface area contributed by atoms with E-state index >= 15 is 4.39 Å². The topological polar surface area (TPSA) is 32.0 Å². The maximum absolute atomic E-state index is 15.1. The predicted octanol–water partition coefficient (Wildman–Crippen LogP) is 7.52. The Bertz CT molecular complexity index is 1750. The zero-order valence-electron chi connectivity index (χ0n) is 18.8. The summed E-state index contributed by atoms with van der Waals surface area (Å²) in [5, 5.41) is 11.4. The highest BCUT2D eigenvalue weighted by Crippen LogP contribution is 2.51. The molecule has 4 aromatic carbocycles. The van der Waals surface area contributed by atoms with Crippen molar-refractivity contribution in [1.82, 2.24) is 4.57 Å². The SMILES string of the molecule is N#Cc1ccccc1N1c2c(cccc2-n2c3ccccc3c3c(F)cccc32)C2C=CC=C[C@H]21. The summed E-state index contributed by atoms with van der Waals surface area (Å²) in [4.78, 5) is 2.29. The zero-order valence-corrected chi connectivity index (χ0v) is 18.8. The standard InChI is InChI=1S/C31H20FN3/c32-24-13-8-17-28-30(24)23-11-3-6-16-27(23)34(28)29-18-7-12-22-21-10-2-5-15-26(21)35(31(22)29)25-14-4-1-9-20(25)19-33/h1-18,21,26H/t21?,26-/m1/s1. The van der Waals surface area contributed by atoms with E-state index in [-0.39, 0.29) is 17.8 Å². The van der Waals surface area contributed by atoms with Crippen LogP contribution in [0.5, 0.6) is 0 Å². The van der Waals surface area contributed by atoms with Crippen molar-refractivity contribution in [3.63, 3.8) is 0 Å². The van der Waals surface area contributed by atoms with E-state index in [1.54, 1.807) is 6.07 Å². The van der Waals surface area contributed by atoms with Gasteiger partial charge in [0.15, 0.2) is 0 Å². The van der Waals surface area contributed by atoms with E-state index in [4.69, 9.17) is 0 Å². The van der Waals surface area contributed by atoms with Gasteiger partial charge >= 0.3 is 0 Å². The second-order valence-electron chi connectivity index (χ2n) is 8.99. The highest BCUT2D eigenvalue weighted by molar-refractivity contribution is 6.10. The summed E-state index contributed by atoms with van der Waals surface area (Å²) in [6.45, 7) is 0. The number of allylic oxidation sites excluding steroid dienone is 2. The van der Waals surface area contributed by atoms with Crippen molar-refractivity contribution >= 4 is 33.2 Å². The number of benzene rings is 4. The van der Waals surface area contributed by atoms with E-state index in [0.29, 0.717) is 10.9 Å². The van der Waals surface area contributed by atoms with Gasteiger partial charge in [0.05, 0.1) is 39.7 Å². The number of para-hydroxylation sites is 3. The van der Waals surface area contributed by atoms with Crippen molar-refractivity contribution in [3.05, 3.63) is 126 Å². The van der Waals surface area contributed by atoms with Crippen LogP contribution in [0, 0.1) is 17.1 Å². The first kappa shape index (κ1) is 19.8. The van der Waals surface area contributed by atoms with Crippen LogP contribution in [0.1, 0.15) is 17.0 Å². The quantitative estimate of drug-likeness (QED) is 0.277. The van der Waals surface area contributed by atoms with Crippen LogP contribution in [0.15, 0.2) is 109 Å². The number of fused-ring (bicyclic) bond motifs is 6. The molecule has 0 radical (unpaired) electrons. The van der Waals surface area contributed by atoms with Crippen molar-refractivity contribution in [1.29, 1.82) is 5.26 Å². The molecule has 2 atom stereocenters. The molecule has 1 unspecified atom stereocenters. The predicted molar refractivity (Wildman–Crippen MR) is 139 cm³/mol. The number of halogens is 1. The molecule has 0 bridgehead atoms. The molecule has 0 amide bonds. The molecule has 0 spiro atoms. The first-order valence-electron chi connectivity index (χ1n) is 11.7. The molecule has 5 aromatic rings. The monoisotopic (exact) mass is 453 g/mol. The molecule has 0 saturated carbocycles. The third-order valence-corrected chi connectivity index (χ3v) is 7.22. The van der Waals surface area contributed by atoms with E-state index in [0.717, 1.165) is 33.5 Å². The lowest BCUT2D eigenvalue weighted by Gasteiger charge is -2.30. The van der Waals surface area contributed by atoms with E-state index in [2.05, 4.69) is 58.0 Å². The normalized spacial score (nSPS) is 18.1. The van der Waals surface area contributed by atoms with E-state index in [9.17, 15) is 5.26 Å². The number of aromatic nitrogens is 1. The summed E-state index contributed by atoms with van der Waals surface area (Å²) in [5.41, 5.74) is 6.51. The van der Waals surface area contributed by atoms with Crippen LogP contribution in [-0.4, -0.2) is 10.6 Å². The summed E-state index contributed by atoms with van der Waals surface area (Å²) >= 11 is 0. The summed E-state index contributed by atoms with van der Waals surface area (Å²) < 4.78 is 17.3. The summed E-state index contributed by atoms with van der Waals surface area (Å²) in [5.74, 6) is -0.0669. The van der Waals surface area contributed by atoms with Crippen molar-refractivity contribution < 1.29 is 4.39 Å². The van der Waals surface area contributed by atoms with Crippen LogP contribution in [0.3, 0.4) is 0 Å². The molecule has 35 heavy (non-hydrogen) atoms. The van der Waals surface area contributed by atoms with Gasteiger partial charge in [0.1, 0.15) is 11.9 Å². The van der Waals surface area contributed by atoms with Crippen LogP contribution in [0.25, 0.3) is 27.5 Å². The van der Waals surface area contributed by atoms with Crippen molar-refractivity contribution in [3.8, 4) is 11.8 Å². The fourth-order valence-corrected chi connectivity index (χ4v) is 5.83. The summed E-state index contributed by atoms with van der Waals surface area (Å²) in [6, 6.07) is 29.8. The minimum absolute atomic E-state index is 0.0514. The smallest absolute Gasteiger partial charge is 0.133 e. The molecule has 2 heterocycles.